The molecule has 0 spiro atoms. The Morgan fingerprint density at radius 3 is 2.83 bits per heavy atom. The highest BCUT2D eigenvalue weighted by atomic mass is 16.4. The van der Waals surface area contributed by atoms with E-state index in [4.69, 9.17) is 9.40 Å². The zero-order chi connectivity index (χ0) is 16.3. The summed E-state index contributed by atoms with van der Waals surface area (Å²) in [5.74, 6) is 1.90. The lowest BCUT2D eigenvalue weighted by atomic mass is 10.1. The fourth-order valence-electron chi connectivity index (χ4n) is 3.41. The molecule has 1 aromatic carbocycles. The van der Waals surface area contributed by atoms with Crippen LogP contribution in [0.4, 0.5) is 0 Å². The fraction of sp³-hybridized carbons (Fsp3) is 0.316. The van der Waals surface area contributed by atoms with E-state index in [0.29, 0.717) is 17.7 Å². The van der Waals surface area contributed by atoms with Gasteiger partial charge in [0.25, 0.3) is 0 Å². The predicted octanol–water partition coefficient (Wildman–Crippen LogP) is 4.51. The van der Waals surface area contributed by atoms with Crippen LogP contribution in [0.15, 0.2) is 28.7 Å². The van der Waals surface area contributed by atoms with E-state index in [2.05, 4.69) is 39.4 Å². The highest BCUT2D eigenvalue weighted by Crippen LogP contribution is 2.44. The van der Waals surface area contributed by atoms with Crippen LogP contribution in [0, 0.1) is 6.92 Å². The Morgan fingerprint density at radius 2 is 2.08 bits per heavy atom. The van der Waals surface area contributed by atoms with Crippen molar-refractivity contribution in [3.05, 3.63) is 41.4 Å². The number of rotatable bonds is 3. The molecular weight excluding hydrogens is 300 g/mol. The number of hydrogen-bond acceptors (Lipinski definition) is 4. The summed E-state index contributed by atoms with van der Waals surface area (Å²) in [4.78, 5) is 8.29. The first-order valence-corrected chi connectivity index (χ1v) is 8.49. The lowest BCUT2D eigenvalue weighted by Gasteiger charge is -2.01. The molecule has 0 saturated heterocycles. The molecule has 0 radical (unpaired) electrons. The molecule has 0 bridgehead atoms. The van der Waals surface area contributed by atoms with Gasteiger partial charge in [-0.1, -0.05) is 25.1 Å². The average Bonchev–Trinajstić information content (AvgIpc) is 3.21. The number of hydrogen-bond donors (Lipinski definition) is 1. The van der Waals surface area contributed by atoms with E-state index < -0.39 is 0 Å². The maximum absolute atomic E-state index is 5.74. The van der Waals surface area contributed by atoms with Crippen molar-refractivity contribution in [2.75, 3.05) is 0 Å². The molecule has 0 unspecified atom stereocenters. The molecule has 5 heteroatoms. The number of aryl methyl sites for hydroxylation is 2. The third kappa shape index (κ3) is 1.97. The van der Waals surface area contributed by atoms with Crippen LogP contribution in [-0.4, -0.2) is 20.2 Å². The number of para-hydroxylation sites is 1. The highest BCUT2D eigenvalue weighted by molar-refractivity contribution is 6.08. The maximum atomic E-state index is 5.74. The van der Waals surface area contributed by atoms with Gasteiger partial charge in [-0.3, -0.25) is 0 Å². The average molecular weight is 318 g/mol. The van der Waals surface area contributed by atoms with Crippen molar-refractivity contribution in [2.45, 2.75) is 39.0 Å². The molecule has 1 saturated carbocycles. The van der Waals surface area contributed by atoms with Gasteiger partial charge >= 0.3 is 0 Å². The standard InChI is InChI=1S/C19H18N4O/c1-3-16-22-23-19(24-16)14-9-15-13-6-4-5-12(11-7-8-11)17(13)21-18(15)20-10(14)2/h4-6,9,11H,3,7-8H2,1-2H3,(H,20,21). The van der Waals surface area contributed by atoms with Gasteiger partial charge in [0.1, 0.15) is 5.65 Å². The Balaban J connectivity index is 1.77. The second kappa shape index (κ2) is 4.90. The summed E-state index contributed by atoms with van der Waals surface area (Å²) >= 11 is 0. The zero-order valence-corrected chi connectivity index (χ0v) is 13.8. The number of nitrogens with zero attached hydrogens (tertiary/aromatic N) is 3. The summed E-state index contributed by atoms with van der Waals surface area (Å²) in [5.41, 5.74) is 5.37. The van der Waals surface area contributed by atoms with E-state index in [1.807, 2.05) is 13.8 Å². The predicted molar refractivity (Wildman–Crippen MR) is 93.0 cm³/mol. The van der Waals surface area contributed by atoms with Crippen LogP contribution in [0.3, 0.4) is 0 Å². The lowest BCUT2D eigenvalue weighted by molar-refractivity contribution is 0.512. The molecule has 0 aliphatic heterocycles. The van der Waals surface area contributed by atoms with Crippen LogP contribution in [0.5, 0.6) is 0 Å². The fourth-order valence-corrected chi connectivity index (χ4v) is 3.41. The Morgan fingerprint density at radius 1 is 1.21 bits per heavy atom. The smallest absolute Gasteiger partial charge is 0.249 e. The van der Waals surface area contributed by atoms with Crippen LogP contribution >= 0.6 is 0 Å². The van der Waals surface area contributed by atoms with Crippen LogP contribution in [0.1, 0.15) is 42.8 Å². The van der Waals surface area contributed by atoms with E-state index in [9.17, 15) is 0 Å². The Kier molecular flexibility index (Phi) is 2.80. The largest absolute Gasteiger partial charge is 0.421 e. The van der Waals surface area contributed by atoms with Gasteiger partial charge in [0.15, 0.2) is 0 Å². The third-order valence-corrected chi connectivity index (χ3v) is 4.86. The van der Waals surface area contributed by atoms with Crippen molar-refractivity contribution >= 4 is 21.9 Å². The van der Waals surface area contributed by atoms with Gasteiger partial charge in [0, 0.05) is 17.2 Å². The number of H-pyrrole nitrogens is 1. The summed E-state index contributed by atoms with van der Waals surface area (Å²) in [7, 11) is 0. The Bertz CT molecular complexity index is 1070. The minimum absolute atomic E-state index is 0.548. The normalized spacial score (nSPS) is 14.8. The number of fused-ring (bicyclic) bond motifs is 3. The molecule has 1 aliphatic rings. The molecule has 3 heterocycles. The van der Waals surface area contributed by atoms with Gasteiger partial charge in [0.05, 0.1) is 16.8 Å². The van der Waals surface area contributed by atoms with Gasteiger partial charge in [0.2, 0.25) is 11.8 Å². The SMILES string of the molecule is CCc1nnc(-c2cc3c(nc2C)[nH]c2c(C4CC4)cccc23)o1. The van der Waals surface area contributed by atoms with Crippen molar-refractivity contribution < 1.29 is 4.42 Å². The second-order valence-electron chi connectivity index (χ2n) is 6.54. The molecule has 1 aliphatic carbocycles. The number of pyridine rings is 1. The summed E-state index contributed by atoms with van der Waals surface area (Å²) in [6.07, 6.45) is 3.31. The molecule has 1 fully saturated rings. The van der Waals surface area contributed by atoms with Crippen molar-refractivity contribution in [1.82, 2.24) is 20.2 Å². The van der Waals surface area contributed by atoms with Crippen molar-refractivity contribution in [1.29, 1.82) is 0 Å². The van der Waals surface area contributed by atoms with Crippen molar-refractivity contribution in [2.24, 2.45) is 0 Å². The maximum Gasteiger partial charge on any atom is 0.249 e. The number of benzene rings is 1. The molecule has 5 nitrogen and oxygen atoms in total. The van der Waals surface area contributed by atoms with Crippen LogP contribution in [0.25, 0.3) is 33.4 Å². The summed E-state index contributed by atoms with van der Waals surface area (Å²) < 4.78 is 5.74. The van der Waals surface area contributed by atoms with Gasteiger partial charge in [-0.15, -0.1) is 10.2 Å². The minimum atomic E-state index is 0.548. The summed E-state index contributed by atoms with van der Waals surface area (Å²) in [6.45, 7) is 3.99. The summed E-state index contributed by atoms with van der Waals surface area (Å²) in [6, 6.07) is 8.66. The Labute approximate surface area is 139 Å². The topological polar surface area (TPSA) is 67.6 Å². The molecule has 1 N–H and O–H groups in total. The van der Waals surface area contributed by atoms with E-state index >= 15 is 0 Å². The van der Waals surface area contributed by atoms with E-state index in [1.165, 1.54) is 29.3 Å². The zero-order valence-electron chi connectivity index (χ0n) is 13.8. The van der Waals surface area contributed by atoms with Gasteiger partial charge in [-0.05, 0) is 37.3 Å². The first-order chi connectivity index (χ1) is 11.7. The number of nitrogens with one attached hydrogen (secondary N) is 1. The number of aromatic nitrogens is 4. The minimum Gasteiger partial charge on any atom is -0.421 e. The molecule has 120 valence electrons. The molecule has 4 aromatic rings. The number of aromatic amines is 1. The lowest BCUT2D eigenvalue weighted by Crippen LogP contribution is -1.89. The first-order valence-electron chi connectivity index (χ1n) is 8.49. The third-order valence-electron chi connectivity index (χ3n) is 4.86. The van der Waals surface area contributed by atoms with Crippen molar-refractivity contribution in [3.63, 3.8) is 0 Å². The van der Waals surface area contributed by atoms with Crippen LogP contribution in [0.2, 0.25) is 0 Å². The van der Waals surface area contributed by atoms with E-state index in [-0.39, 0.29) is 0 Å². The van der Waals surface area contributed by atoms with Gasteiger partial charge in [-0.25, -0.2) is 4.98 Å². The van der Waals surface area contributed by atoms with Gasteiger partial charge < -0.3 is 9.40 Å². The van der Waals surface area contributed by atoms with E-state index in [1.54, 1.807) is 0 Å². The second-order valence-corrected chi connectivity index (χ2v) is 6.54. The van der Waals surface area contributed by atoms with Crippen LogP contribution < -0.4 is 0 Å². The van der Waals surface area contributed by atoms with Gasteiger partial charge in [-0.2, -0.15) is 0 Å². The molecule has 0 atom stereocenters. The van der Waals surface area contributed by atoms with E-state index in [0.717, 1.165) is 28.7 Å². The highest BCUT2D eigenvalue weighted by Gasteiger charge is 2.26. The molecule has 24 heavy (non-hydrogen) atoms. The summed E-state index contributed by atoms with van der Waals surface area (Å²) in [5, 5.41) is 10.6. The van der Waals surface area contributed by atoms with Crippen molar-refractivity contribution in [3.8, 4) is 11.5 Å². The monoisotopic (exact) mass is 318 g/mol. The Hall–Kier alpha value is -2.69. The first kappa shape index (κ1) is 13.7. The quantitative estimate of drug-likeness (QED) is 0.603. The molecule has 5 rings (SSSR count). The molecule has 0 amide bonds. The molecule has 3 aromatic heterocycles. The molecular formula is C19H18N4O. The van der Waals surface area contributed by atoms with Crippen LogP contribution in [-0.2, 0) is 6.42 Å².